The molecule has 0 aliphatic heterocycles. The van der Waals surface area contributed by atoms with Crippen molar-refractivity contribution in [2.75, 3.05) is 13.2 Å². The van der Waals surface area contributed by atoms with Crippen molar-refractivity contribution in [3.63, 3.8) is 0 Å². The Labute approximate surface area is 355 Å². The van der Waals surface area contributed by atoms with Crippen LogP contribution >= 0.6 is 0 Å². The summed E-state index contributed by atoms with van der Waals surface area (Å²) in [6, 6.07) is 0. The van der Waals surface area contributed by atoms with Gasteiger partial charge in [-0.1, -0.05) is 234 Å². The van der Waals surface area contributed by atoms with Crippen molar-refractivity contribution in [2.45, 2.75) is 279 Å². The molecule has 2 atom stereocenters. The summed E-state index contributed by atoms with van der Waals surface area (Å²) in [5, 5.41) is 0. The fraction of sp³-hybridized carbons (Fsp3) is 0.941. The molecule has 0 radical (unpaired) electrons. The van der Waals surface area contributed by atoms with E-state index in [-0.39, 0.29) is 31.1 Å². The zero-order valence-corrected chi connectivity index (χ0v) is 39.1. The second-order valence-electron chi connectivity index (χ2n) is 18.6. The number of rotatable bonds is 44. The molecule has 0 saturated heterocycles. The first-order chi connectivity index (χ1) is 27.6. The van der Waals surface area contributed by atoms with Crippen LogP contribution in [0.1, 0.15) is 273 Å². The van der Waals surface area contributed by atoms with E-state index in [1.807, 2.05) is 0 Å². The first-order valence-electron chi connectivity index (χ1n) is 25.1. The molecule has 0 N–H and O–H groups in total. The summed E-state index contributed by atoms with van der Waals surface area (Å²) in [5.41, 5.74) is 0. The van der Waals surface area contributed by atoms with Crippen LogP contribution in [0.4, 0.5) is 0 Å². The molecule has 57 heavy (non-hydrogen) atoms. The Morgan fingerprint density at radius 2 is 0.614 bits per heavy atom. The smallest absolute Gasteiger partial charge is 0.306 e. The molecule has 0 aromatic carbocycles. The monoisotopic (exact) mass is 807 g/mol. The highest BCUT2D eigenvalue weighted by molar-refractivity contribution is 5.71. The first kappa shape index (κ1) is 55.4. The second kappa shape index (κ2) is 42.5. The average molecular weight is 807 g/mol. The third-order valence-electron chi connectivity index (χ3n) is 11.8. The third kappa shape index (κ3) is 43.8. The fourth-order valence-corrected chi connectivity index (χ4v) is 7.55. The molecular formula is C51H98O6. The molecule has 0 spiro atoms. The lowest BCUT2D eigenvalue weighted by atomic mass is 9.99. The number of carbonyl (C=O) groups excluding carboxylic acids is 3. The first-order valence-corrected chi connectivity index (χ1v) is 25.1. The highest BCUT2D eigenvalue weighted by Crippen LogP contribution is 2.18. The van der Waals surface area contributed by atoms with Gasteiger partial charge in [-0.3, -0.25) is 14.4 Å². The Bertz CT molecular complexity index is 885. The molecule has 0 aliphatic rings. The van der Waals surface area contributed by atoms with E-state index < -0.39 is 6.10 Å². The highest BCUT2D eigenvalue weighted by atomic mass is 16.6. The van der Waals surface area contributed by atoms with Crippen molar-refractivity contribution in [1.29, 1.82) is 0 Å². The summed E-state index contributed by atoms with van der Waals surface area (Å²) in [6.07, 6.45) is 40.9. The number of carbonyl (C=O) groups is 3. The largest absolute Gasteiger partial charge is 0.462 e. The minimum Gasteiger partial charge on any atom is -0.462 e. The van der Waals surface area contributed by atoms with Gasteiger partial charge in [0.05, 0.1) is 0 Å². The van der Waals surface area contributed by atoms with Crippen LogP contribution in [-0.2, 0) is 28.6 Å². The fourth-order valence-electron chi connectivity index (χ4n) is 7.55. The molecular weight excluding hydrogens is 709 g/mol. The number of esters is 3. The summed E-state index contributed by atoms with van der Waals surface area (Å²) in [7, 11) is 0. The van der Waals surface area contributed by atoms with E-state index >= 15 is 0 Å². The number of hydrogen-bond acceptors (Lipinski definition) is 6. The molecule has 0 fully saturated rings. The summed E-state index contributed by atoms with van der Waals surface area (Å²) in [5.74, 6) is 1.61. The Morgan fingerprint density at radius 3 is 0.912 bits per heavy atom. The molecule has 0 heterocycles. The third-order valence-corrected chi connectivity index (χ3v) is 11.8. The van der Waals surface area contributed by atoms with Crippen LogP contribution in [0.5, 0.6) is 0 Å². The van der Waals surface area contributed by atoms with Crippen molar-refractivity contribution in [3.05, 3.63) is 0 Å². The molecule has 338 valence electrons. The van der Waals surface area contributed by atoms with Gasteiger partial charge in [0.15, 0.2) is 6.10 Å². The zero-order chi connectivity index (χ0) is 42.0. The maximum absolute atomic E-state index is 12.7. The van der Waals surface area contributed by atoms with Crippen molar-refractivity contribution in [3.8, 4) is 0 Å². The van der Waals surface area contributed by atoms with Gasteiger partial charge in [-0.2, -0.15) is 0 Å². The summed E-state index contributed by atoms with van der Waals surface area (Å²) in [6.45, 7) is 13.7. The van der Waals surface area contributed by atoms with E-state index in [0.29, 0.717) is 19.3 Å². The van der Waals surface area contributed by atoms with Crippen molar-refractivity contribution < 1.29 is 28.6 Å². The van der Waals surface area contributed by atoms with Crippen LogP contribution in [0.2, 0.25) is 0 Å². The topological polar surface area (TPSA) is 78.9 Å². The van der Waals surface area contributed by atoms with E-state index in [0.717, 1.165) is 75.5 Å². The van der Waals surface area contributed by atoms with Crippen LogP contribution in [-0.4, -0.2) is 37.2 Å². The number of unbranched alkanes of at least 4 members (excludes halogenated alkanes) is 26. The van der Waals surface area contributed by atoms with E-state index in [1.54, 1.807) is 0 Å². The predicted octanol–water partition coefficient (Wildman–Crippen LogP) is 16.0. The average Bonchev–Trinajstić information content (AvgIpc) is 3.18. The molecule has 6 heteroatoms. The van der Waals surface area contributed by atoms with Gasteiger partial charge in [-0.05, 0) is 37.0 Å². The van der Waals surface area contributed by atoms with Gasteiger partial charge in [-0.15, -0.1) is 0 Å². The van der Waals surface area contributed by atoms with E-state index in [4.69, 9.17) is 14.2 Å². The molecule has 0 amide bonds. The summed E-state index contributed by atoms with van der Waals surface area (Å²) in [4.78, 5) is 37.8. The van der Waals surface area contributed by atoms with Crippen LogP contribution in [0.25, 0.3) is 0 Å². The Hall–Kier alpha value is -1.59. The Kier molecular flexibility index (Phi) is 41.3. The van der Waals surface area contributed by atoms with Crippen molar-refractivity contribution in [2.24, 2.45) is 17.8 Å². The molecule has 0 saturated carbocycles. The lowest BCUT2D eigenvalue weighted by molar-refractivity contribution is -0.167. The molecule has 6 nitrogen and oxygen atoms in total. The van der Waals surface area contributed by atoms with Gasteiger partial charge in [0.1, 0.15) is 13.2 Å². The minimum absolute atomic E-state index is 0.0658. The Morgan fingerprint density at radius 1 is 0.351 bits per heavy atom. The van der Waals surface area contributed by atoms with E-state index in [2.05, 4.69) is 41.5 Å². The van der Waals surface area contributed by atoms with Crippen LogP contribution in [0.15, 0.2) is 0 Å². The van der Waals surface area contributed by atoms with E-state index in [1.165, 1.54) is 154 Å². The van der Waals surface area contributed by atoms with Gasteiger partial charge < -0.3 is 14.2 Å². The molecule has 0 aliphatic carbocycles. The van der Waals surface area contributed by atoms with E-state index in [9.17, 15) is 14.4 Å². The SMILES string of the molecule is CCC(C)CCCCCCCCCCC(=O)OC[C@@H](COC(=O)CCCCCCCCCCCCCCCCC(C)C)OC(=O)CCCCCCCCCC(C)C. The standard InChI is InChI=1S/C51H98O6/c1-7-47(6)39-33-27-21-16-17-23-29-35-41-50(53)56-44-48(57-51(54)42-36-30-24-18-20-26-32-38-46(4)5)43-55-49(52)40-34-28-22-15-13-11-9-8-10-12-14-19-25-31-37-45(2)3/h45-48H,7-44H2,1-6H3/t47?,48-/m1/s1. The van der Waals surface area contributed by atoms with Gasteiger partial charge >= 0.3 is 17.9 Å². The molecule has 1 unspecified atom stereocenters. The summed E-state index contributed by atoms with van der Waals surface area (Å²) < 4.78 is 16.8. The second-order valence-corrected chi connectivity index (χ2v) is 18.6. The zero-order valence-electron chi connectivity index (χ0n) is 39.1. The molecule has 0 aromatic heterocycles. The molecule has 0 bridgehead atoms. The number of ether oxygens (including phenoxy) is 3. The molecule has 0 rings (SSSR count). The van der Waals surface area contributed by atoms with Crippen LogP contribution in [0, 0.1) is 17.8 Å². The maximum Gasteiger partial charge on any atom is 0.306 e. The van der Waals surface area contributed by atoms with Gasteiger partial charge in [0.25, 0.3) is 0 Å². The van der Waals surface area contributed by atoms with Gasteiger partial charge in [0.2, 0.25) is 0 Å². The van der Waals surface area contributed by atoms with Crippen molar-refractivity contribution >= 4 is 17.9 Å². The molecule has 0 aromatic rings. The quantitative estimate of drug-likeness (QED) is 0.0347. The van der Waals surface area contributed by atoms with Crippen LogP contribution < -0.4 is 0 Å². The number of hydrogen-bond donors (Lipinski definition) is 0. The lowest BCUT2D eigenvalue weighted by Crippen LogP contribution is -2.30. The van der Waals surface area contributed by atoms with Gasteiger partial charge in [0, 0.05) is 19.3 Å². The normalized spacial score (nSPS) is 12.6. The highest BCUT2D eigenvalue weighted by Gasteiger charge is 2.19. The van der Waals surface area contributed by atoms with Crippen molar-refractivity contribution in [1.82, 2.24) is 0 Å². The minimum atomic E-state index is -0.763. The van der Waals surface area contributed by atoms with Crippen LogP contribution in [0.3, 0.4) is 0 Å². The Balaban J connectivity index is 4.28. The predicted molar refractivity (Wildman–Crippen MR) is 243 cm³/mol. The maximum atomic E-state index is 12.7. The van der Waals surface area contributed by atoms with Gasteiger partial charge in [-0.25, -0.2) is 0 Å². The summed E-state index contributed by atoms with van der Waals surface area (Å²) >= 11 is 0. The lowest BCUT2D eigenvalue weighted by Gasteiger charge is -2.18.